The highest BCUT2D eigenvalue weighted by Gasteiger charge is 2.12. The van der Waals surface area contributed by atoms with Crippen molar-refractivity contribution in [2.75, 3.05) is 13.2 Å². The molecule has 2 unspecified atom stereocenters. The van der Waals surface area contributed by atoms with Crippen LogP contribution >= 0.6 is 0 Å². The topological polar surface area (TPSA) is 55.8 Å². The van der Waals surface area contributed by atoms with E-state index in [4.69, 9.17) is 9.47 Å². The molecular weight excluding hydrogens is 304 g/mol. The lowest BCUT2D eigenvalue weighted by Crippen LogP contribution is -2.22. The molecule has 132 valence electrons. The molecule has 4 nitrogen and oxygen atoms in total. The summed E-state index contributed by atoms with van der Waals surface area (Å²) in [5, 5.41) is 10.0. The van der Waals surface area contributed by atoms with Crippen LogP contribution in [0.2, 0.25) is 0 Å². The Morgan fingerprint density at radius 1 is 1.17 bits per heavy atom. The van der Waals surface area contributed by atoms with E-state index < -0.39 is 12.2 Å². The molecule has 1 N–H and O–H groups in total. The zero-order chi connectivity index (χ0) is 17.6. The Hall–Kier alpha value is -1.83. The summed E-state index contributed by atoms with van der Waals surface area (Å²) in [5.74, 6) is 5.61. The Morgan fingerprint density at radius 3 is 2.58 bits per heavy atom. The monoisotopic (exact) mass is 332 g/mol. The van der Waals surface area contributed by atoms with Crippen molar-refractivity contribution in [1.82, 2.24) is 0 Å². The third kappa shape index (κ3) is 9.34. The average Bonchev–Trinajstić information content (AvgIpc) is 2.58. The summed E-state index contributed by atoms with van der Waals surface area (Å²) in [6, 6.07) is 9.31. The van der Waals surface area contributed by atoms with Gasteiger partial charge in [0.05, 0.1) is 13.2 Å². The number of unbranched alkanes of at least 4 members (excludes halogenated alkanes) is 4. The van der Waals surface area contributed by atoms with Gasteiger partial charge >= 0.3 is 5.97 Å². The number of rotatable bonds is 10. The molecule has 0 radical (unpaired) electrons. The highest BCUT2D eigenvalue weighted by Crippen LogP contribution is 2.12. The molecule has 0 heterocycles. The predicted molar refractivity (Wildman–Crippen MR) is 94.3 cm³/mol. The number of benzene rings is 1. The summed E-state index contributed by atoms with van der Waals surface area (Å²) < 4.78 is 10.6. The number of aliphatic hydroxyl groups excluding tert-OH is 1. The zero-order valence-corrected chi connectivity index (χ0v) is 14.7. The van der Waals surface area contributed by atoms with Gasteiger partial charge in [0.15, 0.2) is 6.10 Å². The molecule has 0 aliphatic rings. The first-order valence-electron chi connectivity index (χ1n) is 8.59. The number of ether oxygens (including phenoxy) is 2. The second kappa shape index (κ2) is 12.6. The molecule has 1 rings (SSSR count). The van der Waals surface area contributed by atoms with Gasteiger partial charge in [-0.3, -0.25) is 4.79 Å². The van der Waals surface area contributed by atoms with Crippen LogP contribution < -0.4 is 0 Å². The van der Waals surface area contributed by atoms with Crippen LogP contribution in [0, 0.1) is 11.8 Å². The SMILES string of the molecule is CCCCCCC#CC(COCC(O)c1ccccc1)OC(C)=O. The summed E-state index contributed by atoms with van der Waals surface area (Å²) in [6.07, 6.45) is 4.15. The van der Waals surface area contributed by atoms with E-state index in [0.717, 1.165) is 18.4 Å². The van der Waals surface area contributed by atoms with E-state index in [9.17, 15) is 9.90 Å². The van der Waals surface area contributed by atoms with Crippen molar-refractivity contribution < 1.29 is 19.4 Å². The number of carbonyl (C=O) groups excluding carboxylic acids is 1. The maximum atomic E-state index is 11.2. The molecule has 0 aliphatic carbocycles. The van der Waals surface area contributed by atoms with Crippen molar-refractivity contribution in [2.24, 2.45) is 0 Å². The molecule has 0 aromatic heterocycles. The van der Waals surface area contributed by atoms with Crippen LogP contribution in [0.3, 0.4) is 0 Å². The van der Waals surface area contributed by atoms with E-state index in [1.807, 2.05) is 30.3 Å². The molecule has 1 aromatic carbocycles. The fraction of sp³-hybridized carbons (Fsp3) is 0.550. The summed E-state index contributed by atoms with van der Waals surface area (Å²) in [4.78, 5) is 11.2. The third-order valence-corrected chi connectivity index (χ3v) is 3.46. The van der Waals surface area contributed by atoms with Gasteiger partial charge in [0.25, 0.3) is 0 Å². The first-order valence-corrected chi connectivity index (χ1v) is 8.59. The van der Waals surface area contributed by atoms with Crippen LogP contribution in [0.5, 0.6) is 0 Å². The minimum Gasteiger partial charge on any atom is -0.447 e. The van der Waals surface area contributed by atoms with Gasteiger partial charge in [0.2, 0.25) is 0 Å². The van der Waals surface area contributed by atoms with Crippen LogP contribution in [-0.4, -0.2) is 30.4 Å². The fourth-order valence-electron chi connectivity index (χ4n) is 2.19. The van der Waals surface area contributed by atoms with Gasteiger partial charge in [0.1, 0.15) is 6.10 Å². The molecule has 2 atom stereocenters. The van der Waals surface area contributed by atoms with Gasteiger partial charge in [0, 0.05) is 13.3 Å². The van der Waals surface area contributed by atoms with Crippen molar-refractivity contribution in [2.45, 2.75) is 58.2 Å². The lowest BCUT2D eigenvalue weighted by Gasteiger charge is -2.14. The smallest absolute Gasteiger partial charge is 0.303 e. The number of hydrogen-bond donors (Lipinski definition) is 1. The fourth-order valence-corrected chi connectivity index (χ4v) is 2.19. The molecular formula is C20H28O4. The Labute approximate surface area is 145 Å². The van der Waals surface area contributed by atoms with Crippen LogP contribution in [-0.2, 0) is 14.3 Å². The molecule has 0 saturated carbocycles. The number of hydrogen-bond acceptors (Lipinski definition) is 4. The highest BCUT2D eigenvalue weighted by molar-refractivity contribution is 5.66. The predicted octanol–water partition coefficient (Wildman–Crippen LogP) is 3.64. The minimum absolute atomic E-state index is 0.139. The molecule has 0 saturated heterocycles. The molecule has 0 fully saturated rings. The van der Waals surface area contributed by atoms with Crippen LogP contribution in [0.15, 0.2) is 30.3 Å². The van der Waals surface area contributed by atoms with Gasteiger partial charge in [-0.15, -0.1) is 0 Å². The number of carbonyl (C=O) groups is 1. The van der Waals surface area contributed by atoms with E-state index in [0.29, 0.717) is 0 Å². The minimum atomic E-state index is -0.703. The Morgan fingerprint density at radius 2 is 1.92 bits per heavy atom. The van der Waals surface area contributed by atoms with Gasteiger partial charge in [-0.2, -0.15) is 0 Å². The van der Waals surface area contributed by atoms with Gasteiger partial charge < -0.3 is 14.6 Å². The third-order valence-electron chi connectivity index (χ3n) is 3.46. The van der Waals surface area contributed by atoms with Gasteiger partial charge in [-0.05, 0) is 12.0 Å². The normalized spacial score (nSPS) is 12.8. The highest BCUT2D eigenvalue weighted by atomic mass is 16.6. The standard InChI is InChI=1S/C20H28O4/c1-3-4-5-6-7-11-14-19(24-17(2)21)15-23-16-20(22)18-12-9-8-10-13-18/h8-10,12-13,19-20,22H,3-7,15-16H2,1-2H3. The Bertz CT molecular complexity index is 515. The van der Waals surface area contributed by atoms with Crippen LogP contribution in [0.4, 0.5) is 0 Å². The molecule has 4 heteroatoms. The summed E-state index contributed by atoms with van der Waals surface area (Å²) in [6.45, 7) is 3.82. The number of aliphatic hydroxyl groups is 1. The van der Waals surface area contributed by atoms with Gasteiger partial charge in [-0.1, -0.05) is 68.4 Å². The van der Waals surface area contributed by atoms with E-state index in [2.05, 4.69) is 18.8 Å². The first kappa shape index (κ1) is 20.2. The van der Waals surface area contributed by atoms with E-state index in [-0.39, 0.29) is 19.2 Å². The molecule has 1 aromatic rings. The summed E-state index contributed by atoms with van der Waals surface area (Å²) in [5.41, 5.74) is 0.795. The van der Waals surface area contributed by atoms with Crippen molar-refractivity contribution in [3.63, 3.8) is 0 Å². The largest absolute Gasteiger partial charge is 0.447 e. The van der Waals surface area contributed by atoms with E-state index in [1.165, 1.54) is 26.2 Å². The first-order chi connectivity index (χ1) is 11.6. The molecule has 0 amide bonds. The second-order valence-electron chi connectivity index (χ2n) is 5.69. The molecule has 0 spiro atoms. The van der Waals surface area contributed by atoms with Crippen molar-refractivity contribution in [1.29, 1.82) is 0 Å². The summed E-state index contributed by atoms with van der Waals surface area (Å²) in [7, 11) is 0. The maximum Gasteiger partial charge on any atom is 0.303 e. The summed E-state index contributed by atoms with van der Waals surface area (Å²) >= 11 is 0. The van der Waals surface area contributed by atoms with Crippen LogP contribution in [0.1, 0.15) is 57.6 Å². The average molecular weight is 332 g/mol. The van der Waals surface area contributed by atoms with Gasteiger partial charge in [-0.25, -0.2) is 0 Å². The lowest BCUT2D eigenvalue weighted by atomic mass is 10.1. The van der Waals surface area contributed by atoms with Crippen molar-refractivity contribution in [3.8, 4) is 11.8 Å². The maximum absolute atomic E-state index is 11.2. The molecule has 0 aliphatic heterocycles. The Balaban J connectivity index is 2.37. The quantitative estimate of drug-likeness (QED) is 0.404. The lowest BCUT2D eigenvalue weighted by molar-refractivity contribution is -0.146. The van der Waals surface area contributed by atoms with E-state index in [1.54, 1.807) is 0 Å². The zero-order valence-electron chi connectivity index (χ0n) is 14.7. The van der Waals surface area contributed by atoms with E-state index >= 15 is 0 Å². The molecule has 24 heavy (non-hydrogen) atoms. The Kier molecular flexibility index (Phi) is 10.6. The molecule has 0 bridgehead atoms. The van der Waals surface area contributed by atoms with Crippen molar-refractivity contribution >= 4 is 5.97 Å². The number of esters is 1. The second-order valence-corrected chi connectivity index (χ2v) is 5.69. The van der Waals surface area contributed by atoms with Crippen molar-refractivity contribution in [3.05, 3.63) is 35.9 Å². The van der Waals surface area contributed by atoms with Crippen LogP contribution in [0.25, 0.3) is 0 Å².